The van der Waals surface area contributed by atoms with Gasteiger partial charge in [-0.1, -0.05) is 46.6 Å². The van der Waals surface area contributed by atoms with Crippen molar-refractivity contribution in [1.29, 1.82) is 0 Å². The van der Waals surface area contributed by atoms with E-state index in [2.05, 4.69) is 30.8 Å². The van der Waals surface area contributed by atoms with Gasteiger partial charge in [0.15, 0.2) is 5.96 Å². The third kappa shape index (κ3) is 7.45. The molecule has 0 spiro atoms. The Morgan fingerprint density at radius 2 is 2.03 bits per heavy atom. The molecule has 0 saturated heterocycles. The van der Waals surface area contributed by atoms with E-state index in [0.29, 0.717) is 34.4 Å². The molecule has 0 amide bonds. The Kier molecular flexibility index (Phi) is 9.62. The molecule has 2 heterocycles. The van der Waals surface area contributed by atoms with Gasteiger partial charge in [-0.25, -0.2) is 9.98 Å². The maximum Gasteiger partial charge on any atom is 0.248 e. The van der Waals surface area contributed by atoms with Crippen molar-refractivity contribution in [3.63, 3.8) is 0 Å². The monoisotopic (exact) mass is 546 g/mol. The van der Waals surface area contributed by atoms with Crippen LogP contribution in [-0.2, 0) is 13.0 Å². The molecular formula is C19H21Cl2IN6O. The van der Waals surface area contributed by atoms with Crippen molar-refractivity contribution in [2.24, 2.45) is 4.99 Å². The van der Waals surface area contributed by atoms with E-state index in [9.17, 15) is 0 Å². The molecule has 1 aromatic carbocycles. The second-order valence-corrected chi connectivity index (χ2v) is 6.71. The summed E-state index contributed by atoms with van der Waals surface area (Å²) >= 11 is 11.8. The van der Waals surface area contributed by atoms with Crippen LogP contribution >= 0.6 is 47.2 Å². The highest BCUT2D eigenvalue weighted by molar-refractivity contribution is 14.0. The number of nitrogens with zero attached hydrogens (tertiary/aromatic N) is 4. The fourth-order valence-electron chi connectivity index (χ4n) is 2.43. The van der Waals surface area contributed by atoms with E-state index in [1.54, 1.807) is 24.4 Å². The molecule has 0 aliphatic carbocycles. The molecule has 2 N–H and O–H groups in total. The van der Waals surface area contributed by atoms with Crippen LogP contribution in [0.2, 0.25) is 10.2 Å². The Bertz CT molecular complexity index is 932. The van der Waals surface area contributed by atoms with E-state index in [0.717, 1.165) is 24.1 Å². The van der Waals surface area contributed by atoms with E-state index in [1.807, 2.05) is 25.1 Å². The van der Waals surface area contributed by atoms with Crippen molar-refractivity contribution < 1.29 is 4.52 Å². The van der Waals surface area contributed by atoms with Crippen LogP contribution in [0.25, 0.3) is 11.4 Å². The van der Waals surface area contributed by atoms with Crippen molar-refractivity contribution in [3.05, 3.63) is 64.2 Å². The molecule has 154 valence electrons. The first-order valence-corrected chi connectivity index (χ1v) is 9.61. The zero-order valence-corrected chi connectivity index (χ0v) is 19.6. The summed E-state index contributed by atoms with van der Waals surface area (Å²) in [6, 6.07) is 11.0. The molecule has 0 fully saturated rings. The molecule has 3 rings (SSSR count). The van der Waals surface area contributed by atoms with Crippen LogP contribution in [-0.4, -0.2) is 34.2 Å². The summed E-state index contributed by atoms with van der Waals surface area (Å²) in [6.45, 7) is 3.72. The van der Waals surface area contributed by atoms with Crippen LogP contribution in [0.4, 0.5) is 0 Å². The summed E-state index contributed by atoms with van der Waals surface area (Å²) < 4.78 is 5.28. The number of aliphatic imine (C=N–C) groups is 1. The van der Waals surface area contributed by atoms with E-state index >= 15 is 0 Å². The van der Waals surface area contributed by atoms with Gasteiger partial charge in [-0.05, 0) is 37.1 Å². The van der Waals surface area contributed by atoms with Crippen LogP contribution in [0.3, 0.4) is 0 Å². The quantitative estimate of drug-likeness (QED) is 0.198. The van der Waals surface area contributed by atoms with Crippen molar-refractivity contribution in [1.82, 2.24) is 25.8 Å². The minimum atomic E-state index is 0. The van der Waals surface area contributed by atoms with Gasteiger partial charge in [0, 0.05) is 29.9 Å². The first-order chi connectivity index (χ1) is 13.6. The molecule has 0 aliphatic heterocycles. The maximum absolute atomic E-state index is 6.00. The van der Waals surface area contributed by atoms with Gasteiger partial charge >= 0.3 is 0 Å². The summed E-state index contributed by atoms with van der Waals surface area (Å²) in [7, 11) is 0. The number of aromatic nitrogens is 3. The summed E-state index contributed by atoms with van der Waals surface area (Å²) in [6.07, 6.45) is 2.57. The third-order valence-corrected chi connectivity index (χ3v) is 4.22. The lowest BCUT2D eigenvalue weighted by Crippen LogP contribution is -2.38. The Labute approximate surface area is 196 Å². The van der Waals surface area contributed by atoms with Gasteiger partial charge in [0.05, 0.1) is 0 Å². The van der Waals surface area contributed by atoms with Gasteiger partial charge < -0.3 is 15.2 Å². The summed E-state index contributed by atoms with van der Waals surface area (Å²) in [4.78, 5) is 12.9. The molecule has 0 radical (unpaired) electrons. The van der Waals surface area contributed by atoms with E-state index in [4.69, 9.17) is 27.7 Å². The average Bonchev–Trinajstić information content (AvgIpc) is 3.17. The highest BCUT2D eigenvalue weighted by atomic mass is 127. The molecule has 2 aromatic heterocycles. The number of nitrogens with one attached hydrogen (secondary N) is 2. The molecule has 0 saturated carbocycles. The molecule has 0 unspecified atom stereocenters. The normalized spacial score (nSPS) is 11.1. The van der Waals surface area contributed by atoms with Gasteiger partial charge in [0.2, 0.25) is 11.7 Å². The Balaban J connectivity index is 0.00000300. The summed E-state index contributed by atoms with van der Waals surface area (Å²) in [5.41, 5.74) is 1.89. The van der Waals surface area contributed by atoms with Crippen LogP contribution in [0.15, 0.2) is 52.1 Å². The van der Waals surface area contributed by atoms with E-state index in [1.165, 1.54) is 0 Å². The molecule has 10 heteroatoms. The number of hydrogen-bond donors (Lipinski definition) is 2. The predicted molar refractivity (Wildman–Crippen MR) is 126 cm³/mol. The van der Waals surface area contributed by atoms with Crippen molar-refractivity contribution in [2.75, 3.05) is 13.1 Å². The third-order valence-electron chi connectivity index (χ3n) is 3.76. The first kappa shape index (κ1) is 23.4. The fraction of sp³-hybridized carbons (Fsp3) is 0.263. The molecule has 7 nitrogen and oxygen atoms in total. The Morgan fingerprint density at radius 1 is 1.17 bits per heavy atom. The second-order valence-electron chi connectivity index (χ2n) is 5.88. The van der Waals surface area contributed by atoms with Gasteiger partial charge in [0.1, 0.15) is 11.7 Å². The van der Waals surface area contributed by atoms with E-state index in [-0.39, 0.29) is 30.5 Å². The van der Waals surface area contributed by atoms with Crippen molar-refractivity contribution in [2.45, 2.75) is 19.9 Å². The number of benzene rings is 1. The number of hydrogen-bond acceptors (Lipinski definition) is 5. The van der Waals surface area contributed by atoms with Crippen LogP contribution in [0.1, 0.15) is 18.4 Å². The summed E-state index contributed by atoms with van der Waals surface area (Å²) in [5.74, 6) is 1.59. The van der Waals surface area contributed by atoms with Gasteiger partial charge in [-0.3, -0.25) is 0 Å². The number of halogens is 3. The lowest BCUT2D eigenvalue weighted by molar-refractivity contribution is 0.380. The van der Waals surface area contributed by atoms with E-state index < -0.39 is 0 Å². The molecule has 29 heavy (non-hydrogen) atoms. The Morgan fingerprint density at radius 3 is 2.76 bits per heavy atom. The van der Waals surface area contributed by atoms with Crippen molar-refractivity contribution in [3.8, 4) is 11.4 Å². The SMILES string of the molecule is CCNC(=NCc1nc(-c2cccc(Cl)c2)no1)NCCc1ccc(Cl)nc1.I. The molecule has 0 bridgehead atoms. The van der Waals surface area contributed by atoms with Gasteiger partial charge in [-0.15, -0.1) is 24.0 Å². The molecule has 0 atom stereocenters. The fourth-order valence-corrected chi connectivity index (χ4v) is 2.73. The molecule has 0 aliphatic rings. The zero-order chi connectivity index (χ0) is 19.8. The van der Waals surface area contributed by atoms with Crippen LogP contribution < -0.4 is 10.6 Å². The zero-order valence-electron chi connectivity index (χ0n) is 15.7. The van der Waals surface area contributed by atoms with Gasteiger partial charge in [0.25, 0.3) is 0 Å². The second kappa shape index (κ2) is 11.9. The summed E-state index contributed by atoms with van der Waals surface area (Å²) in [5, 5.41) is 11.6. The minimum Gasteiger partial charge on any atom is -0.357 e. The minimum absolute atomic E-state index is 0. The van der Waals surface area contributed by atoms with Crippen molar-refractivity contribution >= 4 is 53.1 Å². The number of pyridine rings is 1. The predicted octanol–water partition coefficient (Wildman–Crippen LogP) is 4.35. The topological polar surface area (TPSA) is 88.2 Å². The Hall–Kier alpha value is -1.91. The lowest BCUT2D eigenvalue weighted by atomic mass is 10.2. The highest BCUT2D eigenvalue weighted by Gasteiger charge is 2.09. The van der Waals surface area contributed by atoms with Crippen LogP contribution in [0.5, 0.6) is 0 Å². The largest absolute Gasteiger partial charge is 0.357 e. The van der Waals surface area contributed by atoms with Gasteiger partial charge in [-0.2, -0.15) is 4.98 Å². The first-order valence-electron chi connectivity index (χ1n) is 8.85. The maximum atomic E-state index is 6.00. The average molecular weight is 547 g/mol. The highest BCUT2D eigenvalue weighted by Crippen LogP contribution is 2.20. The standard InChI is InChI=1S/C19H20Cl2N6O.HI/c1-2-22-19(23-9-8-13-6-7-16(21)24-11-13)25-12-17-26-18(27-28-17)14-4-3-5-15(20)10-14;/h3-7,10-11H,2,8-9,12H2,1H3,(H2,22,23,25);1H. The molecule has 3 aromatic rings. The van der Waals surface area contributed by atoms with Crippen LogP contribution in [0, 0.1) is 0 Å². The smallest absolute Gasteiger partial charge is 0.248 e. The molecular weight excluding hydrogens is 526 g/mol. The number of guanidine groups is 1. The lowest BCUT2D eigenvalue weighted by Gasteiger charge is -2.10. The number of rotatable bonds is 7.